The number of hydrogen-bond donors (Lipinski definition) is 0. The van der Waals surface area contributed by atoms with Crippen LogP contribution in [-0.4, -0.2) is 48.1 Å². The normalized spacial score (nSPS) is 15.9. The summed E-state index contributed by atoms with van der Waals surface area (Å²) in [5.74, 6) is 0.237. The summed E-state index contributed by atoms with van der Waals surface area (Å²) in [6.45, 7) is 9.19. The summed E-state index contributed by atoms with van der Waals surface area (Å²) in [4.78, 5) is 25.8. The molecule has 0 unspecified atom stereocenters. The fraction of sp³-hybridized carbons (Fsp3) is 0.682. The van der Waals surface area contributed by atoms with E-state index in [4.69, 9.17) is 9.47 Å². The van der Waals surface area contributed by atoms with Gasteiger partial charge in [-0.1, -0.05) is 33.6 Å². The predicted molar refractivity (Wildman–Crippen MR) is 112 cm³/mol. The molecule has 1 aliphatic rings. The fourth-order valence-electron chi connectivity index (χ4n) is 3.64. The first-order valence-corrected chi connectivity index (χ1v) is 10.7. The molecule has 0 bridgehead atoms. The summed E-state index contributed by atoms with van der Waals surface area (Å²) in [6.07, 6.45) is 6.32. The maximum absolute atomic E-state index is 12.8. The molecule has 0 aromatic heterocycles. The molecule has 1 fully saturated rings. The molecule has 0 saturated carbocycles. The number of hydrogen-bond acceptors (Lipinski definition) is 6. The van der Waals surface area contributed by atoms with Gasteiger partial charge in [0.25, 0.3) is 5.69 Å². The van der Waals surface area contributed by atoms with Crippen molar-refractivity contribution in [2.24, 2.45) is 5.92 Å². The Labute approximate surface area is 173 Å². The van der Waals surface area contributed by atoms with Gasteiger partial charge in [0.05, 0.1) is 17.6 Å². The maximum atomic E-state index is 12.8. The predicted octanol–water partition coefficient (Wildman–Crippen LogP) is 4.83. The molecule has 1 aromatic carbocycles. The molecule has 29 heavy (non-hydrogen) atoms. The molecular formula is C22H34N2O5. The van der Waals surface area contributed by atoms with Gasteiger partial charge < -0.3 is 9.47 Å². The number of carbonyl (C=O) groups excluding carboxylic acids is 1. The van der Waals surface area contributed by atoms with Crippen molar-refractivity contribution in [3.8, 4) is 5.75 Å². The summed E-state index contributed by atoms with van der Waals surface area (Å²) in [7, 11) is 0. The number of unbranched alkanes of at least 4 members (excludes halogenated alkanes) is 1. The summed E-state index contributed by atoms with van der Waals surface area (Å²) in [5.41, 5.74) is 0.146. The van der Waals surface area contributed by atoms with Crippen LogP contribution in [0.2, 0.25) is 0 Å². The number of rotatable bonds is 11. The SMILES string of the molecule is CCCCOc1cc([N+](=O)[O-])ccc1C(=O)OC[C@H](CC(C)C)N1CCCCC1. The Morgan fingerprint density at radius 3 is 2.59 bits per heavy atom. The first-order chi connectivity index (χ1) is 13.9. The highest BCUT2D eigenvalue weighted by atomic mass is 16.6. The van der Waals surface area contributed by atoms with Crippen molar-refractivity contribution in [3.05, 3.63) is 33.9 Å². The molecule has 7 nitrogen and oxygen atoms in total. The highest BCUT2D eigenvalue weighted by Crippen LogP contribution is 2.26. The van der Waals surface area contributed by atoms with Gasteiger partial charge in [-0.15, -0.1) is 0 Å². The second-order valence-corrected chi connectivity index (χ2v) is 8.12. The van der Waals surface area contributed by atoms with Crippen LogP contribution >= 0.6 is 0 Å². The van der Waals surface area contributed by atoms with Gasteiger partial charge in [-0.25, -0.2) is 4.79 Å². The molecule has 162 valence electrons. The number of carbonyl (C=O) groups is 1. The number of non-ortho nitro benzene ring substituents is 1. The largest absolute Gasteiger partial charge is 0.492 e. The zero-order valence-corrected chi connectivity index (χ0v) is 17.9. The van der Waals surface area contributed by atoms with Gasteiger partial charge >= 0.3 is 5.97 Å². The van der Waals surface area contributed by atoms with Crippen molar-refractivity contribution in [1.82, 2.24) is 4.90 Å². The van der Waals surface area contributed by atoms with Crippen molar-refractivity contribution in [3.63, 3.8) is 0 Å². The van der Waals surface area contributed by atoms with Gasteiger partial charge in [0.2, 0.25) is 0 Å². The monoisotopic (exact) mass is 406 g/mol. The minimum atomic E-state index is -0.489. The number of ether oxygens (including phenoxy) is 2. The Bertz CT molecular complexity index is 671. The van der Waals surface area contributed by atoms with Crippen molar-refractivity contribution < 1.29 is 19.2 Å². The highest BCUT2D eigenvalue weighted by molar-refractivity contribution is 5.93. The van der Waals surface area contributed by atoms with Gasteiger partial charge in [-0.3, -0.25) is 15.0 Å². The summed E-state index contributed by atoms with van der Waals surface area (Å²) in [5, 5.41) is 11.1. The molecule has 1 heterocycles. The molecule has 1 atom stereocenters. The molecule has 0 amide bonds. The first-order valence-electron chi connectivity index (χ1n) is 10.7. The molecule has 1 aromatic rings. The number of nitro groups is 1. The minimum absolute atomic E-state index is 0.0981. The molecule has 0 N–H and O–H groups in total. The van der Waals surface area contributed by atoms with Crippen molar-refractivity contribution >= 4 is 11.7 Å². The van der Waals surface area contributed by atoms with Crippen LogP contribution in [0.15, 0.2) is 18.2 Å². The standard InChI is InChI=1S/C22H34N2O5/c1-4-5-13-28-21-15-18(24(26)27)9-10-20(21)22(25)29-16-19(14-17(2)3)23-11-7-6-8-12-23/h9-10,15,17,19H,4-8,11-14,16H2,1-3H3/t19-/m0/s1. The average molecular weight is 407 g/mol. The van der Waals surface area contributed by atoms with Gasteiger partial charge in [0, 0.05) is 12.1 Å². The fourth-order valence-corrected chi connectivity index (χ4v) is 3.64. The Morgan fingerprint density at radius 1 is 1.24 bits per heavy atom. The number of likely N-dealkylation sites (tertiary alicyclic amines) is 1. The zero-order valence-electron chi connectivity index (χ0n) is 17.9. The van der Waals surface area contributed by atoms with E-state index in [2.05, 4.69) is 18.7 Å². The lowest BCUT2D eigenvalue weighted by molar-refractivity contribution is -0.384. The highest BCUT2D eigenvalue weighted by Gasteiger charge is 2.25. The van der Waals surface area contributed by atoms with E-state index in [9.17, 15) is 14.9 Å². The van der Waals surface area contributed by atoms with Crippen LogP contribution in [0.1, 0.15) is 69.7 Å². The Morgan fingerprint density at radius 2 is 1.97 bits per heavy atom. The van der Waals surface area contributed by atoms with E-state index in [-0.39, 0.29) is 23.0 Å². The second kappa shape index (κ2) is 11.8. The van der Waals surface area contributed by atoms with Crippen LogP contribution in [0.3, 0.4) is 0 Å². The van der Waals surface area contributed by atoms with Crippen LogP contribution in [0.5, 0.6) is 5.75 Å². The number of benzene rings is 1. The number of nitrogens with zero attached hydrogens (tertiary/aromatic N) is 2. The summed E-state index contributed by atoms with van der Waals surface area (Å²) in [6, 6.07) is 4.25. The molecule has 0 spiro atoms. The molecule has 2 rings (SSSR count). The van der Waals surface area contributed by atoms with Gasteiger partial charge in [-0.05, 0) is 50.8 Å². The van der Waals surface area contributed by atoms with E-state index in [1.807, 2.05) is 6.92 Å². The maximum Gasteiger partial charge on any atom is 0.341 e. The molecule has 1 saturated heterocycles. The molecule has 0 radical (unpaired) electrons. The average Bonchev–Trinajstić information content (AvgIpc) is 2.71. The van der Waals surface area contributed by atoms with Crippen molar-refractivity contribution in [1.29, 1.82) is 0 Å². The van der Waals surface area contributed by atoms with Crippen LogP contribution in [0.25, 0.3) is 0 Å². The van der Waals surface area contributed by atoms with Crippen LogP contribution in [0, 0.1) is 16.0 Å². The third kappa shape index (κ3) is 7.31. The summed E-state index contributed by atoms with van der Waals surface area (Å²) < 4.78 is 11.3. The molecule has 0 aliphatic carbocycles. The van der Waals surface area contributed by atoms with Crippen LogP contribution in [-0.2, 0) is 4.74 Å². The minimum Gasteiger partial charge on any atom is -0.492 e. The molecule has 7 heteroatoms. The Hall–Kier alpha value is -2.15. The quantitative estimate of drug-likeness (QED) is 0.227. The lowest BCUT2D eigenvalue weighted by Gasteiger charge is -2.35. The van der Waals surface area contributed by atoms with Gasteiger partial charge in [-0.2, -0.15) is 0 Å². The lowest BCUT2D eigenvalue weighted by Crippen LogP contribution is -2.43. The van der Waals surface area contributed by atoms with Crippen molar-refractivity contribution in [2.75, 3.05) is 26.3 Å². The van der Waals surface area contributed by atoms with Crippen LogP contribution in [0.4, 0.5) is 5.69 Å². The van der Waals surface area contributed by atoms with E-state index in [0.717, 1.165) is 32.4 Å². The third-order valence-electron chi connectivity index (χ3n) is 5.21. The Kier molecular flexibility index (Phi) is 9.38. The summed E-state index contributed by atoms with van der Waals surface area (Å²) >= 11 is 0. The Balaban J connectivity index is 2.09. The number of piperidine rings is 1. The van der Waals surface area contributed by atoms with E-state index in [0.29, 0.717) is 19.1 Å². The van der Waals surface area contributed by atoms with E-state index < -0.39 is 10.9 Å². The first kappa shape index (κ1) is 23.1. The zero-order chi connectivity index (χ0) is 21.2. The number of esters is 1. The van der Waals surface area contributed by atoms with Crippen molar-refractivity contribution in [2.45, 2.75) is 65.3 Å². The van der Waals surface area contributed by atoms with E-state index in [1.165, 1.54) is 37.5 Å². The smallest absolute Gasteiger partial charge is 0.341 e. The number of nitro benzene ring substituents is 1. The lowest BCUT2D eigenvalue weighted by atomic mass is 10.0. The van der Waals surface area contributed by atoms with E-state index in [1.54, 1.807) is 0 Å². The van der Waals surface area contributed by atoms with Gasteiger partial charge in [0.15, 0.2) is 0 Å². The molecule has 1 aliphatic heterocycles. The third-order valence-corrected chi connectivity index (χ3v) is 5.21. The second-order valence-electron chi connectivity index (χ2n) is 8.12. The van der Waals surface area contributed by atoms with Gasteiger partial charge in [0.1, 0.15) is 17.9 Å². The topological polar surface area (TPSA) is 81.9 Å². The van der Waals surface area contributed by atoms with E-state index >= 15 is 0 Å². The molecular weight excluding hydrogens is 372 g/mol. The van der Waals surface area contributed by atoms with Crippen LogP contribution < -0.4 is 4.74 Å².